The molecular formula is C11H15O. The van der Waals surface area contributed by atoms with E-state index in [2.05, 4.69) is 18.6 Å². The molecule has 0 bridgehead atoms. The van der Waals surface area contributed by atoms with Gasteiger partial charge in [0.15, 0.2) is 0 Å². The predicted octanol–water partition coefficient (Wildman–Crippen LogP) is 2.99. The number of rotatable bonds is 4. The van der Waals surface area contributed by atoms with Crippen molar-refractivity contribution in [2.75, 3.05) is 6.61 Å². The fourth-order valence-corrected chi connectivity index (χ4v) is 1.21. The van der Waals surface area contributed by atoms with Gasteiger partial charge in [-0.15, -0.1) is 0 Å². The van der Waals surface area contributed by atoms with Crippen molar-refractivity contribution in [3.8, 4) is 0 Å². The van der Waals surface area contributed by atoms with E-state index < -0.39 is 0 Å². The van der Waals surface area contributed by atoms with E-state index in [0.29, 0.717) is 0 Å². The molecule has 0 fully saturated rings. The van der Waals surface area contributed by atoms with Gasteiger partial charge in [0.2, 0.25) is 0 Å². The molecule has 1 atom stereocenters. The second-order valence-corrected chi connectivity index (χ2v) is 2.62. The smallest absolute Gasteiger partial charge is 0.0853 e. The normalized spacial score (nSPS) is 12.8. The standard InChI is InChI=1S/C11H15O/c1-3-11(12-4-2)10-8-6-5-7-9-10/h3,5-9,11H,4H2,1-2H3. The van der Waals surface area contributed by atoms with Crippen molar-refractivity contribution in [2.45, 2.75) is 20.0 Å². The Hall–Kier alpha value is -0.820. The highest BCUT2D eigenvalue weighted by Crippen LogP contribution is 2.18. The zero-order valence-electron chi connectivity index (χ0n) is 7.66. The van der Waals surface area contributed by atoms with E-state index in [1.807, 2.05) is 32.0 Å². The molecule has 12 heavy (non-hydrogen) atoms. The molecule has 0 amide bonds. The summed E-state index contributed by atoms with van der Waals surface area (Å²) in [6, 6.07) is 10.2. The average molecular weight is 163 g/mol. The molecule has 0 spiro atoms. The maximum atomic E-state index is 5.52. The predicted molar refractivity (Wildman–Crippen MR) is 50.8 cm³/mol. The zero-order chi connectivity index (χ0) is 8.81. The molecule has 1 nitrogen and oxygen atoms in total. The summed E-state index contributed by atoms with van der Waals surface area (Å²) in [5.74, 6) is 0. The average Bonchev–Trinajstić information content (AvgIpc) is 2.15. The Kier molecular flexibility index (Phi) is 3.81. The molecule has 1 aromatic carbocycles. The van der Waals surface area contributed by atoms with Crippen molar-refractivity contribution in [3.63, 3.8) is 0 Å². The summed E-state index contributed by atoms with van der Waals surface area (Å²) in [5.41, 5.74) is 1.22. The molecule has 0 aliphatic heterocycles. The summed E-state index contributed by atoms with van der Waals surface area (Å²) in [5, 5.41) is 0. The van der Waals surface area contributed by atoms with Gasteiger partial charge in [0.05, 0.1) is 6.10 Å². The molecule has 0 N–H and O–H groups in total. The molecule has 1 heteroatoms. The number of benzene rings is 1. The first-order valence-electron chi connectivity index (χ1n) is 4.34. The maximum Gasteiger partial charge on any atom is 0.0853 e. The topological polar surface area (TPSA) is 9.23 Å². The lowest BCUT2D eigenvalue weighted by Crippen LogP contribution is -2.02. The molecule has 0 saturated carbocycles. The molecule has 1 unspecified atom stereocenters. The van der Waals surface area contributed by atoms with Crippen molar-refractivity contribution in [1.82, 2.24) is 0 Å². The van der Waals surface area contributed by atoms with Crippen LogP contribution in [0.2, 0.25) is 0 Å². The minimum atomic E-state index is 0.149. The van der Waals surface area contributed by atoms with Crippen LogP contribution < -0.4 is 0 Å². The van der Waals surface area contributed by atoms with Crippen molar-refractivity contribution in [1.29, 1.82) is 0 Å². The fraction of sp³-hybridized carbons (Fsp3) is 0.364. The highest BCUT2D eigenvalue weighted by molar-refractivity contribution is 5.19. The second kappa shape index (κ2) is 4.94. The van der Waals surface area contributed by atoms with E-state index in [9.17, 15) is 0 Å². The van der Waals surface area contributed by atoms with Gasteiger partial charge in [0.1, 0.15) is 0 Å². The van der Waals surface area contributed by atoms with Crippen LogP contribution in [-0.4, -0.2) is 6.61 Å². The molecule has 1 aromatic rings. The summed E-state index contributed by atoms with van der Waals surface area (Å²) in [7, 11) is 0. The van der Waals surface area contributed by atoms with Crippen LogP contribution in [0.4, 0.5) is 0 Å². The van der Waals surface area contributed by atoms with Crippen molar-refractivity contribution in [3.05, 3.63) is 42.3 Å². The lowest BCUT2D eigenvalue weighted by Gasteiger charge is -2.14. The molecule has 0 aliphatic carbocycles. The minimum Gasteiger partial charge on any atom is -0.374 e. The van der Waals surface area contributed by atoms with Gasteiger partial charge in [0, 0.05) is 6.61 Å². The Morgan fingerprint density at radius 2 is 2.00 bits per heavy atom. The first-order valence-corrected chi connectivity index (χ1v) is 4.34. The van der Waals surface area contributed by atoms with Gasteiger partial charge in [-0.05, 0) is 18.9 Å². The van der Waals surface area contributed by atoms with Gasteiger partial charge < -0.3 is 4.74 Å². The third-order valence-electron chi connectivity index (χ3n) is 1.78. The maximum absolute atomic E-state index is 5.52. The van der Waals surface area contributed by atoms with Gasteiger partial charge in [-0.25, -0.2) is 0 Å². The van der Waals surface area contributed by atoms with Gasteiger partial charge in [-0.1, -0.05) is 37.3 Å². The first-order chi connectivity index (χ1) is 5.88. The summed E-state index contributed by atoms with van der Waals surface area (Å²) in [4.78, 5) is 0. The van der Waals surface area contributed by atoms with Crippen LogP contribution in [0.1, 0.15) is 25.5 Å². The van der Waals surface area contributed by atoms with E-state index in [4.69, 9.17) is 4.74 Å². The molecule has 0 heterocycles. The molecule has 0 saturated heterocycles. The van der Waals surface area contributed by atoms with Crippen LogP contribution in [0.5, 0.6) is 0 Å². The van der Waals surface area contributed by atoms with E-state index in [-0.39, 0.29) is 6.10 Å². The van der Waals surface area contributed by atoms with Crippen LogP contribution in [0.25, 0.3) is 0 Å². The third kappa shape index (κ3) is 2.35. The monoisotopic (exact) mass is 163 g/mol. The van der Waals surface area contributed by atoms with Gasteiger partial charge in [0.25, 0.3) is 0 Å². The van der Waals surface area contributed by atoms with Crippen molar-refractivity contribution in [2.24, 2.45) is 0 Å². The highest BCUT2D eigenvalue weighted by atomic mass is 16.5. The van der Waals surface area contributed by atoms with Crippen molar-refractivity contribution >= 4 is 0 Å². The summed E-state index contributed by atoms with van der Waals surface area (Å²) in [6.07, 6.45) is 2.22. The molecule has 65 valence electrons. The van der Waals surface area contributed by atoms with E-state index >= 15 is 0 Å². The Labute approximate surface area is 74.4 Å². The number of hydrogen-bond acceptors (Lipinski definition) is 1. The summed E-state index contributed by atoms with van der Waals surface area (Å²) < 4.78 is 5.52. The summed E-state index contributed by atoms with van der Waals surface area (Å²) >= 11 is 0. The van der Waals surface area contributed by atoms with Crippen LogP contribution in [-0.2, 0) is 4.74 Å². The fourth-order valence-electron chi connectivity index (χ4n) is 1.21. The Balaban J connectivity index is 2.66. The highest BCUT2D eigenvalue weighted by Gasteiger charge is 2.06. The first kappa shape index (κ1) is 9.27. The van der Waals surface area contributed by atoms with Crippen LogP contribution >= 0.6 is 0 Å². The lowest BCUT2D eigenvalue weighted by atomic mass is 10.1. The third-order valence-corrected chi connectivity index (χ3v) is 1.78. The van der Waals surface area contributed by atoms with E-state index in [1.165, 1.54) is 5.56 Å². The molecular weight excluding hydrogens is 148 g/mol. The molecule has 0 aliphatic rings. The largest absolute Gasteiger partial charge is 0.374 e. The van der Waals surface area contributed by atoms with Gasteiger partial charge >= 0.3 is 0 Å². The second-order valence-electron chi connectivity index (χ2n) is 2.62. The van der Waals surface area contributed by atoms with Gasteiger partial charge in [-0.2, -0.15) is 0 Å². The van der Waals surface area contributed by atoms with Crippen LogP contribution in [0, 0.1) is 6.42 Å². The number of ether oxygens (including phenoxy) is 1. The molecule has 1 rings (SSSR count). The molecule has 0 aromatic heterocycles. The number of hydrogen-bond donors (Lipinski definition) is 0. The lowest BCUT2D eigenvalue weighted by molar-refractivity contribution is 0.0858. The van der Waals surface area contributed by atoms with Crippen molar-refractivity contribution < 1.29 is 4.74 Å². The van der Waals surface area contributed by atoms with Crippen LogP contribution in [0.15, 0.2) is 30.3 Å². The molecule has 1 radical (unpaired) electrons. The zero-order valence-corrected chi connectivity index (χ0v) is 7.66. The Bertz CT molecular complexity index is 206. The van der Waals surface area contributed by atoms with E-state index in [0.717, 1.165) is 6.61 Å². The Morgan fingerprint density at radius 3 is 2.50 bits per heavy atom. The minimum absolute atomic E-state index is 0.149. The quantitative estimate of drug-likeness (QED) is 0.663. The SMILES string of the molecule is C[CH]C(OCC)c1ccccc1. The Morgan fingerprint density at radius 1 is 1.33 bits per heavy atom. The summed E-state index contributed by atoms with van der Waals surface area (Å²) in [6.45, 7) is 4.79. The van der Waals surface area contributed by atoms with Gasteiger partial charge in [-0.3, -0.25) is 0 Å². The van der Waals surface area contributed by atoms with E-state index in [1.54, 1.807) is 0 Å². The van der Waals surface area contributed by atoms with Crippen LogP contribution in [0.3, 0.4) is 0 Å².